The third-order valence-corrected chi connectivity index (χ3v) is 2.60. The van der Waals surface area contributed by atoms with Crippen LogP contribution in [0.4, 0.5) is 0 Å². The van der Waals surface area contributed by atoms with E-state index in [-0.39, 0.29) is 5.41 Å². The highest BCUT2D eigenvalue weighted by Crippen LogP contribution is 2.15. The van der Waals surface area contributed by atoms with Gasteiger partial charge >= 0.3 is 0 Å². The van der Waals surface area contributed by atoms with E-state index in [1.807, 2.05) is 45.9 Å². The minimum atomic E-state index is -0.133. The molecule has 1 N–H and O–H groups in total. The summed E-state index contributed by atoms with van der Waals surface area (Å²) in [6, 6.07) is 0. The molecule has 0 spiro atoms. The van der Waals surface area contributed by atoms with Gasteiger partial charge in [0, 0.05) is 17.7 Å². The number of hydrogen-bond acceptors (Lipinski definition) is 3. The Hall–Kier alpha value is -1.77. The summed E-state index contributed by atoms with van der Waals surface area (Å²) in [5.74, 6) is 0. The molecule has 0 amide bonds. The zero-order valence-corrected chi connectivity index (χ0v) is 12.5. The zero-order valence-electron chi connectivity index (χ0n) is 12.5. The molecule has 106 valence electrons. The quantitative estimate of drug-likeness (QED) is 0.512. The Balaban J connectivity index is 4.35. The molecule has 19 heavy (non-hydrogen) atoms. The smallest absolute Gasteiger partial charge is 0.293 e. The minimum absolute atomic E-state index is 0.133. The lowest BCUT2D eigenvalue weighted by atomic mass is 9.94. The molecule has 0 radical (unpaired) electrons. The average molecular weight is 263 g/mol. The van der Waals surface area contributed by atoms with Crippen LogP contribution in [0.1, 0.15) is 27.7 Å². The first-order chi connectivity index (χ1) is 8.82. The van der Waals surface area contributed by atoms with Gasteiger partial charge in [-0.05, 0) is 31.1 Å². The van der Waals surface area contributed by atoms with Gasteiger partial charge in [0.25, 0.3) is 6.47 Å². The second-order valence-corrected chi connectivity index (χ2v) is 5.30. The van der Waals surface area contributed by atoms with Gasteiger partial charge in [-0.3, -0.25) is 4.79 Å². The van der Waals surface area contributed by atoms with Crippen LogP contribution in [0.2, 0.25) is 0 Å². The average Bonchev–Trinajstić information content (AvgIpc) is 2.34. The van der Waals surface area contributed by atoms with Crippen molar-refractivity contribution in [3.63, 3.8) is 0 Å². The van der Waals surface area contributed by atoms with E-state index in [4.69, 9.17) is 4.74 Å². The van der Waals surface area contributed by atoms with Crippen molar-refractivity contribution in [1.82, 2.24) is 5.32 Å². The van der Waals surface area contributed by atoms with E-state index in [2.05, 4.69) is 18.5 Å². The summed E-state index contributed by atoms with van der Waals surface area (Å²) in [4.78, 5) is 10.2. The maximum absolute atomic E-state index is 10.2. The van der Waals surface area contributed by atoms with Crippen molar-refractivity contribution in [2.75, 3.05) is 13.2 Å². The lowest BCUT2D eigenvalue weighted by Crippen LogP contribution is -2.32. The van der Waals surface area contributed by atoms with Crippen LogP contribution in [0.3, 0.4) is 0 Å². The minimum Gasteiger partial charge on any atom is -0.467 e. The van der Waals surface area contributed by atoms with Gasteiger partial charge in [-0.25, -0.2) is 0 Å². The summed E-state index contributed by atoms with van der Waals surface area (Å²) >= 11 is 0. The van der Waals surface area contributed by atoms with Gasteiger partial charge in [-0.2, -0.15) is 0 Å². The number of carbonyl (C=O) groups excluding carboxylic acids is 1. The molecule has 0 aromatic heterocycles. The third kappa shape index (κ3) is 8.03. The SMILES string of the molecule is C=C(/C=C(\C)C(=C)/C=C/C)NCC(C)(C)COC=O. The van der Waals surface area contributed by atoms with Crippen molar-refractivity contribution < 1.29 is 9.53 Å². The summed E-state index contributed by atoms with van der Waals surface area (Å²) in [5, 5.41) is 3.23. The van der Waals surface area contributed by atoms with Crippen LogP contribution >= 0.6 is 0 Å². The van der Waals surface area contributed by atoms with Crippen molar-refractivity contribution in [3.8, 4) is 0 Å². The first-order valence-electron chi connectivity index (χ1n) is 6.30. The molecule has 0 saturated heterocycles. The van der Waals surface area contributed by atoms with Crippen molar-refractivity contribution in [1.29, 1.82) is 0 Å². The van der Waals surface area contributed by atoms with Crippen LogP contribution in [0.5, 0.6) is 0 Å². The Bertz CT molecular complexity index is 390. The van der Waals surface area contributed by atoms with Gasteiger partial charge in [0.05, 0.1) is 6.61 Å². The molecule has 0 unspecified atom stereocenters. The molecule has 0 aliphatic rings. The van der Waals surface area contributed by atoms with Crippen molar-refractivity contribution in [2.45, 2.75) is 27.7 Å². The van der Waals surface area contributed by atoms with E-state index in [0.29, 0.717) is 19.6 Å². The molecule has 0 rings (SSSR count). The molecular weight excluding hydrogens is 238 g/mol. The van der Waals surface area contributed by atoms with E-state index in [0.717, 1.165) is 16.8 Å². The molecule has 0 aromatic carbocycles. The summed E-state index contributed by atoms with van der Waals surface area (Å²) in [6.07, 6.45) is 5.87. The Kier molecular flexibility index (Phi) is 7.57. The zero-order chi connectivity index (χ0) is 14.9. The molecule has 0 bridgehead atoms. The number of allylic oxidation sites excluding steroid dienone is 5. The summed E-state index contributed by atoms with van der Waals surface area (Å²) in [6.45, 7) is 17.5. The van der Waals surface area contributed by atoms with Crippen molar-refractivity contribution in [3.05, 3.63) is 48.2 Å². The second-order valence-electron chi connectivity index (χ2n) is 5.30. The fourth-order valence-corrected chi connectivity index (χ4v) is 1.40. The van der Waals surface area contributed by atoms with Gasteiger partial charge < -0.3 is 10.1 Å². The van der Waals surface area contributed by atoms with Gasteiger partial charge in [0.2, 0.25) is 0 Å². The molecule has 0 aliphatic heterocycles. The third-order valence-electron chi connectivity index (χ3n) is 2.60. The predicted molar refractivity (Wildman–Crippen MR) is 80.7 cm³/mol. The number of nitrogens with one attached hydrogen (secondary N) is 1. The highest BCUT2D eigenvalue weighted by atomic mass is 16.5. The molecule has 3 heteroatoms. The molecule has 0 heterocycles. The van der Waals surface area contributed by atoms with Gasteiger partial charge in [-0.15, -0.1) is 0 Å². The Morgan fingerprint density at radius 2 is 2.00 bits per heavy atom. The van der Waals surface area contributed by atoms with E-state index in [1.54, 1.807) is 0 Å². The van der Waals surface area contributed by atoms with E-state index < -0.39 is 0 Å². The van der Waals surface area contributed by atoms with Crippen LogP contribution in [0, 0.1) is 5.41 Å². The predicted octanol–water partition coefficient (Wildman–Crippen LogP) is 3.37. The fourth-order valence-electron chi connectivity index (χ4n) is 1.40. The number of rotatable bonds is 9. The Morgan fingerprint density at radius 1 is 1.37 bits per heavy atom. The highest BCUT2D eigenvalue weighted by molar-refractivity contribution is 5.39. The largest absolute Gasteiger partial charge is 0.467 e. The maximum atomic E-state index is 10.2. The first-order valence-corrected chi connectivity index (χ1v) is 6.30. The monoisotopic (exact) mass is 263 g/mol. The van der Waals surface area contributed by atoms with Crippen LogP contribution in [0.25, 0.3) is 0 Å². The normalized spacial score (nSPS) is 12.3. The van der Waals surface area contributed by atoms with Crippen molar-refractivity contribution in [2.24, 2.45) is 5.41 Å². The molecule has 0 saturated carbocycles. The van der Waals surface area contributed by atoms with E-state index in [1.165, 1.54) is 0 Å². The summed E-state index contributed by atoms with van der Waals surface area (Å²) in [5.41, 5.74) is 2.72. The Morgan fingerprint density at radius 3 is 2.53 bits per heavy atom. The van der Waals surface area contributed by atoms with Crippen molar-refractivity contribution >= 4 is 6.47 Å². The standard InChI is InChI=1S/C16H25NO2/c1-7-8-13(2)14(3)9-15(4)17-10-16(5,6)11-19-12-18/h7-9,12,17H,2,4,10-11H2,1,3,5-6H3/b8-7+,14-9+. The molecule has 0 aromatic rings. The lowest BCUT2D eigenvalue weighted by Gasteiger charge is -2.24. The topological polar surface area (TPSA) is 38.3 Å². The molecule has 0 aliphatic carbocycles. The second kappa shape index (κ2) is 8.35. The molecule has 0 atom stereocenters. The van der Waals surface area contributed by atoms with Gasteiger partial charge in [0.15, 0.2) is 0 Å². The van der Waals surface area contributed by atoms with Crippen LogP contribution < -0.4 is 5.32 Å². The fraction of sp³-hybridized carbons (Fsp3) is 0.438. The lowest BCUT2D eigenvalue weighted by molar-refractivity contribution is -0.131. The molecule has 3 nitrogen and oxygen atoms in total. The summed E-state index contributed by atoms with van der Waals surface area (Å²) in [7, 11) is 0. The highest BCUT2D eigenvalue weighted by Gasteiger charge is 2.18. The van der Waals surface area contributed by atoms with Crippen LogP contribution in [-0.4, -0.2) is 19.6 Å². The number of ether oxygens (including phenoxy) is 1. The first kappa shape index (κ1) is 17.2. The Labute approximate surface area is 116 Å². The van der Waals surface area contributed by atoms with Crippen LogP contribution in [-0.2, 0) is 9.53 Å². The maximum Gasteiger partial charge on any atom is 0.293 e. The number of carbonyl (C=O) groups is 1. The van der Waals surface area contributed by atoms with E-state index >= 15 is 0 Å². The van der Waals surface area contributed by atoms with Gasteiger partial charge in [0.1, 0.15) is 0 Å². The van der Waals surface area contributed by atoms with Crippen LogP contribution in [0.15, 0.2) is 48.2 Å². The molecule has 0 fully saturated rings. The summed E-state index contributed by atoms with van der Waals surface area (Å²) < 4.78 is 4.79. The number of hydrogen-bond donors (Lipinski definition) is 1. The molecular formula is C16H25NO2. The van der Waals surface area contributed by atoms with Gasteiger partial charge in [-0.1, -0.05) is 39.2 Å². The van der Waals surface area contributed by atoms with E-state index in [9.17, 15) is 4.79 Å².